The molecule has 1 heterocycles. The molecule has 3 nitrogen and oxygen atoms in total. The molecule has 1 amide bonds. The van der Waals surface area contributed by atoms with Crippen molar-refractivity contribution in [2.24, 2.45) is 5.41 Å². The maximum absolute atomic E-state index is 11.4. The molecule has 0 aromatic rings. The summed E-state index contributed by atoms with van der Waals surface area (Å²) in [5.74, 6) is 0.219. The Hall–Kier alpha value is -0.220. The molecule has 0 aromatic carbocycles. The van der Waals surface area contributed by atoms with Gasteiger partial charge in [-0.25, -0.2) is 0 Å². The van der Waals surface area contributed by atoms with E-state index in [1.54, 1.807) is 0 Å². The number of rotatable bonds is 5. The molecule has 1 unspecified atom stereocenters. The number of carbonyl (C=O) groups excluding carboxylic acids is 1. The van der Waals surface area contributed by atoms with Crippen molar-refractivity contribution in [1.29, 1.82) is 0 Å². The van der Waals surface area contributed by atoms with Gasteiger partial charge in [0.15, 0.2) is 0 Å². The van der Waals surface area contributed by atoms with Gasteiger partial charge in [0, 0.05) is 31.4 Å². The molecule has 0 aliphatic carbocycles. The number of aliphatic hydroxyl groups is 1. The summed E-state index contributed by atoms with van der Waals surface area (Å²) < 4.78 is 0. The van der Waals surface area contributed by atoms with Gasteiger partial charge >= 0.3 is 0 Å². The second kappa shape index (κ2) is 5.21. The monoisotopic (exact) mass is 231 g/mol. The van der Waals surface area contributed by atoms with Crippen molar-refractivity contribution >= 4 is 18.5 Å². The average Bonchev–Trinajstić information content (AvgIpc) is 2.45. The number of aliphatic hydroxyl groups excluding tert-OH is 1. The van der Waals surface area contributed by atoms with Crippen LogP contribution in [0.2, 0.25) is 0 Å². The third-order valence-corrected chi connectivity index (χ3v) is 3.25. The highest BCUT2D eigenvalue weighted by Gasteiger charge is 2.27. The average molecular weight is 231 g/mol. The first-order valence-electron chi connectivity index (χ1n) is 5.51. The number of likely N-dealkylation sites (tertiary alicyclic amines) is 1. The minimum Gasteiger partial charge on any atom is -0.396 e. The van der Waals surface area contributed by atoms with E-state index in [1.165, 1.54) is 0 Å². The highest BCUT2D eigenvalue weighted by atomic mass is 32.1. The molecule has 1 aliphatic heterocycles. The number of carbonyl (C=O) groups is 1. The molecular formula is C11H21NO2S. The summed E-state index contributed by atoms with van der Waals surface area (Å²) in [6.07, 6.45) is 2.48. The highest BCUT2D eigenvalue weighted by Crippen LogP contribution is 2.22. The molecule has 0 aromatic heterocycles. The van der Waals surface area contributed by atoms with Crippen LogP contribution in [0, 0.1) is 5.41 Å². The summed E-state index contributed by atoms with van der Waals surface area (Å²) in [7, 11) is 0. The second-order valence-corrected chi connectivity index (χ2v) is 5.85. The van der Waals surface area contributed by atoms with Crippen LogP contribution in [0.3, 0.4) is 0 Å². The van der Waals surface area contributed by atoms with Crippen LogP contribution >= 0.6 is 12.6 Å². The lowest BCUT2D eigenvalue weighted by Gasteiger charge is -2.23. The topological polar surface area (TPSA) is 40.5 Å². The lowest BCUT2D eigenvalue weighted by atomic mass is 9.89. The first kappa shape index (κ1) is 12.8. The van der Waals surface area contributed by atoms with E-state index in [-0.39, 0.29) is 23.2 Å². The zero-order valence-corrected chi connectivity index (χ0v) is 10.5. The van der Waals surface area contributed by atoms with E-state index in [0.29, 0.717) is 6.42 Å². The van der Waals surface area contributed by atoms with E-state index >= 15 is 0 Å². The molecule has 0 saturated carbocycles. The van der Waals surface area contributed by atoms with Gasteiger partial charge in [0.2, 0.25) is 5.91 Å². The molecular weight excluding hydrogens is 210 g/mol. The van der Waals surface area contributed by atoms with Crippen LogP contribution < -0.4 is 0 Å². The van der Waals surface area contributed by atoms with Crippen LogP contribution in [-0.4, -0.2) is 40.9 Å². The van der Waals surface area contributed by atoms with Gasteiger partial charge < -0.3 is 10.0 Å². The van der Waals surface area contributed by atoms with Crippen molar-refractivity contribution < 1.29 is 9.90 Å². The third kappa shape index (κ3) is 4.03. The van der Waals surface area contributed by atoms with E-state index in [1.807, 2.05) is 18.7 Å². The van der Waals surface area contributed by atoms with Crippen molar-refractivity contribution in [3.8, 4) is 0 Å². The predicted molar refractivity (Wildman–Crippen MR) is 64.1 cm³/mol. The van der Waals surface area contributed by atoms with Crippen LogP contribution in [0.1, 0.15) is 33.1 Å². The van der Waals surface area contributed by atoms with E-state index in [0.717, 1.165) is 25.9 Å². The predicted octanol–water partition coefficient (Wildman–Crippen LogP) is 1.32. The molecule has 4 heteroatoms. The number of amides is 1. The number of nitrogens with zero attached hydrogens (tertiary/aromatic N) is 1. The molecule has 1 atom stereocenters. The van der Waals surface area contributed by atoms with Gasteiger partial charge in [-0.05, 0) is 18.3 Å². The van der Waals surface area contributed by atoms with Gasteiger partial charge in [-0.3, -0.25) is 4.79 Å². The fraction of sp³-hybridized carbons (Fsp3) is 0.909. The van der Waals surface area contributed by atoms with Gasteiger partial charge in [-0.15, -0.1) is 0 Å². The number of hydrogen-bond acceptors (Lipinski definition) is 3. The second-order valence-electron chi connectivity index (χ2n) is 5.12. The summed E-state index contributed by atoms with van der Waals surface area (Å²) in [5.41, 5.74) is -0.0247. The minimum absolute atomic E-state index is 0.0247. The molecule has 0 bridgehead atoms. The molecule has 1 N–H and O–H groups in total. The minimum atomic E-state index is -0.0247. The van der Waals surface area contributed by atoms with Crippen LogP contribution in [0.5, 0.6) is 0 Å². The zero-order chi connectivity index (χ0) is 11.5. The summed E-state index contributed by atoms with van der Waals surface area (Å²) >= 11 is 4.31. The summed E-state index contributed by atoms with van der Waals surface area (Å²) in [6.45, 7) is 5.87. The van der Waals surface area contributed by atoms with Crippen LogP contribution in [0.15, 0.2) is 0 Å². The Labute approximate surface area is 97.3 Å². The summed E-state index contributed by atoms with van der Waals surface area (Å²) in [5, 5.41) is 9.30. The SMILES string of the molecule is CC(C)(CO)CCCN1CC(S)CC1=O. The van der Waals surface area contributed by atoms with E-state index in [9.17, 15) is 4.79 Å². The van der Waals surface area contributed by atoms with Crippen molar-refractivity contribution in [2.75, 3.05) is 19.7 Å². The van der Waals surface area contributed by atoms with Crippen molar-refractivity contribution in [3.05, 3.63) is 0 Å². The van der Waals surface area contributed by atoms with Gasteiger partial charge in [0.05, 0.1) is 0 Å². The molecule has 15 heavy (non-hydrogen) atoms. The van der Waals surface area contributed by atoms with Gasteiger partial charge in [0.1, 0.15) is 0 Å². The Balaban J connectivity index is 2.23. The fourth-order valence-electron chi connectivity index (χ4n) is 1.79. The zero-order valence-electron chi connectivity index (χ0n) is 9.57. The quantitative estimate of drug-likeness (QED) is 0.701. The molecule has 1 saturated heterocycles. The fourth-order valence-corrected chi connectivity index (χ4v) is 2.15. The normalized spacial score (nSPS) is 22.5. The van der Waals surface area contributed by atoms with Crippen LogP contribution in [0.4, 0.5) is 0 Å². The lowest BCUT2D eigenvalue weighted by molar-refractivity contribution is -0.127. The summed E-state index contributed by atoms with van der Waals surface area (Å²) in [4.78, 5) is 13.3. The summed E-state index contributed by atoms with van der Waals surface area (Å²) in [6, 6.07) is 0. The van der Waals surface area contributed by atoms with Crippen LogP contribution in [-0.2, 0) is 4.79 Å². The van der Waals surface area contributed by atoms with Crippen molar-refractivity contribution in [1.82, 2.24) is 4.90 Å². The molecule has 0 radical (unpaired) electrons. The Kier molecular flexibility index (Phi) is 4.46. The first-order chi connectivity index (χ1) is 6.94. The van der Waals surface area contributed by atoms with E-state index < -0.39 is 0 Å². The Morgan fingerprint density at radius 2 is 2.27 bits per heavy atom. The van der Waals surface area contributed by atoms with Gasteiger partial charge in [0.25, 0.3) is 0 Å². The van der Waals surface area contributed by atoms with Crippen molar-refractivity contribution in [2.45, 2.75) is 38.4 Å². The largest absolute Gasteiger partial charge is 0.396 e. The maximum atomic E-state index is 11.4. The third-order valence-electron chi connectivity index (χ3n) is 2.90. The van der Waals surface area contributed by atoms with Gasteiger partial charge in [-0.1, -0.05) is 13.8 Å². The van der Waals surface area contributed by atoms with E-state index in [2.05, 4.69) is 12.6 Å². The smallest absolute Gasteiger partial charge is 0.223 e. The number of thiol groups is 1. The molecule has 1 aliphatic rings. The van der Waals surface area contributed by atoms with E-state index in [4.69, 9.17) is 5.11 Å². The lowest BCUT2D eigenvalue weighted by Crippen LogP contribution is -2.28. The molecule has 88 valence electrons. The highest BCUT2D eigenvalue weighted by molar-refractivity contribution is 7.81. The maximum Gasteiger partial charge on any atom is 0.223 e. The Morgan fingerprint density at radius 1 is 1.60 bits per heavy atom. The van der Waals surface area contributed by atoms with Crippen molar-refractivity contribution in [3.63, 3.8) is 0 Å². The first-order valence-corrected chi connectivity index (χ1v) is 6.03. The van der Waals surface area contributed by atoms with Crippen LogP contribution in [0.25, 0.3) is 0 Å². The molecule has 1 fully saturated rings. The standard InChI is InChI=1S/C11H21NO2S/c1-11(2,8-13)4-3-5-12-7-9(15)6-10(12)14/h9,13,15H,3-8H2,1-2H3. The van der Waals surface area contributed by atoms with Gasteiger partial charge in [-0.2, -0.15) is 12.6 Å². The Bertz CT molecular complexity index is 231. The Morgan fingerprint density at radius 3 is 2.73 bits per heavy atom. The number of hydrogen-bond donors (Lipinski definition) is 2. The molecule has 0 spiro atoms. The molecule has 1 rings (SSSR count).